The summed E-state index contributed by atoms with van der Waals surface area (Å²) in [5, 5.41) is 19.0. The fourth-order valence-corrected chi connectivity index (χ4v) is 1.30. The van der Waals surface area contributed by atoms with Crippen molar-refractivity contribution in [3.8, 4) is 0 Å². The minimum atomic E-state index is -0.887. The van der Waals surface area contributed by atoms with E-state index in [-0.39, 0.29) is 6.54 Å². The summed E-state index contributed by atoms with van der Waals surface area (Å²) in [6.45, 7) is 2.14. The van der Waals surface area contributed by atoms with Crippen LogP contribution >= 0.6 is 0 Å². The van der Waals surface area contributed by atoms with Crippen LogP contribution in [-0.2, 0) is 6.42 Å². The molecular weight excluding hydrogens is 178 g/mol. The van der Waals surface area contributed by atoms with Gasteiger partial charge in [-0.2, -0.15) is 0 Å². The van der Waals surface area contributed by atoms with Crippen LogP contribution in [0.25, 0.3) is 0 Å². The summed E-state index contributed by atoms with van der Waals surface area (Å²) in [6, 6.07) is 7.54. The minimum absolute atomic E-state index is 0.0662. The first-order valence-electron chi connectivity index (χ1n) is 4.84. The topological polar surface area (TPSA) is 66.5 Å². The molecular formula is C11H17NO2. The second-order valence-electron chi connectivity index (χ2n) is 3.34. The third-order valence-corrected chi connectivity index (χ3v) is 2.34. The molecule has 0 fully saturated rings. The van der Waals surface area contributed by atoms with E-state index in [0.29, 0.717) is 5.56 Å². The van der Waals surface area contributed by atoms with Crippen molar-refractivity contribution >= 4 is 0 Å². The molecule has 1 aromatic rings. The van der Waals surface area contributed by atoms with Gasteiger partial charge < -0.3 is 15.9 Å². The van der Waals surface area contributed by atoms with Crippen LogP contribution in [0.2, 0.25) is 0 Å². The van der Waals surface area contributed by atoms with Gasteiger partial charge in [-0.15, -0.1) is 0 Å². The maximum Gasteiger partial charge on any atom is 0.106 e. The van der Waals surface area contributed by atoms with Gasteiger partial charge in [-0.05, 0) is 17.5 Å². The van der Waals surface area contributed by atoms with Gasteiger partial charge in [0, 0.05) is 6.54 Å². The van der Waals surface area contributed by atoms with Crippen molar-refractivity contribution in [1.82, 2.24) is 0 Å². The molecule has 0 aromatic heterocycles. The Labute approximate surface area is 84.2 Å². The van der Waals surface area contributed by atoms with Gasteiger partial charge in [-0.3, -0.25) is 0 Å². The summed E-state index contributed by atoms with van der Waals surface area (Å²) in [5.74, 6) is 0. The lowest BCUT2D eigenvalue weighted by molar-refractivity contribution is 0.0243. The Balaban J connectivity index is 2.75. The molecule has 1 rings (SSSR count). The van der Waals surface area contributed by atoms with Gasteiger partial charge in [0.25, 0.3) is 0 Å². The number of aliphatic hydroxyl groups excluding tert-OH is 2. The molecule has 78 valence electrons. The zero-order valence-corrected chi connectivity index (χ0v) is 8.35. The van der Waals surface area contributed by atoms with Crippen molar-refractivity contribution in [2.45, 2.75) is 25.6 Å². The van der Waals surface area contributed by atoms with Crippen LogP contribution in [0, 0.1) is 0 Å². The second kappa shape index (κ2) is 5.10. The molecule has 0 amide bonds. The van der Waals surface area contributed by atoms with Crippen LogP contribution in [0.1, 0.15) is 24.2 Å². The summed E-state index contributed by atoms with van der Waals surface area (Å²) < 4.78 is 0. The van der Waals surface area contributed by atoms with E-state index in [1.807, 2.05) is 24.3 Å². The van der Waals surface area contributed by atoms with Crippen molar-refractivity contribution in [1.29, 1.82) is 0 Å². The zero-order chi connectivity index (χ0) is 10.6. The molecule has 0 bridgehead atoms. The molecule has 0 heterocycles. The van der Waals surface area contributed by atoms with E-state index >= 15 is 0 Å². The molecule has 0 radical (unpaired) electrons. The Hall–Kier alpha value is -0.900. The lowest BCUT2D eigenvalue weighted by Crippen LogP contribution is -2.27. The predicted molar refractivity (Wildman–Crippen MR) is 55.8 cm³/mol. The fraction of sp³-hybridized carbons (Fsp3) is 0.455. The molecule has 3 nitrogen and oxygen atoms in total. The molecule has 4 N–H and O–H groups in total. The van der Waals surface area contributed by atoms with Crippen LogP contribution < -0.4 is 5.73 Å². The average Bonchev–Trinajstić information content (AvgIpc) is 2.27. The molecule has 3 heteroatoms. The maximum absolute atomic E-state index is 9.62. The molecule has 0 saturated carbocycles. The van der Waals surface area contributed by atoms with Crippen LogP contribution in [0.4, 0.5) is 0 Å². The van der Waals surface area contributed by atoms with E-state index in [1.54, 1.807) is 0 Å². The minimum Gasteiger partial charge on any atom is -0.389 e. The number of nitrogens with two attached hydrogens (primary N) is 1. The molecule has 0 aliphatic carbocycles. The summed E-state index contributed by atoms with van der Waals surface area (Å²) >= 11 is 0. The highest BCUT2D eigenvalue weighted by Crippen LogP contribution is 2.17. The standard InChI is InChI=1S/C11H17NO2/c1-2-8-3-5-9(6-4-8)11(14)10(13)7-12/h3-6,10-11,13-14H,2,7,12H2,1H3. The maximum atomic E-state index is 9.62. The number of benzene rings is 1. The van der Waals surface area contributed by atoms with Crippen molar-refractivity contribution in [3.05, 3.63) is 35.4 Å². The van der Waals surface area contributed by atoms with E-state index in [0.717, 1.165) is 6.42 Å². The number of hydrogen-bond acceptors (Lipinski definition) is 3. The SMILES string of the molecule is CCc1ccc(C(O)C(O)CN)cc1. The lowest BCUT2D eigenvalue weighted by atomic mass is 10.0. The van der Waals surface area contributed by atoms with Crippen LogP contribution in [0.5, 0.6) is 0 Å². The number of hydrogen-bond donors (Lipinski definition) is 3. The molecule has 0 aliphatic heterocycles. The first-order chi connectivity index (χ1) is 6.69. The van der Waals surface area contributed by atoms with E-state index in [9.17, 15) is 10.2 Å². The second-order valence-corrected chi connectivity index (χ2v) is 3.34. The Morgan fingerprint density at radius 2 is 1.79 bits per heavy atom. The number of rotatable bonds is 4. The van der Waals surface area contributed by atoms with Gasteiger partial charge in [0.2, 0.25) is 0 Å². The van der Waals surface area contributed by atoms with Crippen LogP contribution in [-0.4, -0.2) is 22.9 Å². The van der Waals surface area contributed by atoms with Crippen molar-refractivity contribution in [2.24, 2.45) is 5.73 Å². The van der Waals surface area contributed by atoms with Crippen LogP contribution in [0.3, 0.4) is 0 Å². The van der Waals surface area contributed by atoms with Gasteiger partial charge in [-0.25, -0.2) is 0 Å². The molecule has 14 heavy (non-hydrogen) atoms. The van der Waals surface area contributed by atoms with Crippen molar-refractivity contribution in [2.75, 3.05) is 6.54 Å². The molecule has 0 spiro atoms. The molecule has 2 unspecified atom stereocenters. The highest BCUT2D eigenvalue weighted by molar-refractivity contribution is 5.24. The Morgan fingerprint density at radius 3 is 2.21 bits per heavy atom. The van der Waals surface area contributed by atoms with E-state index < -0.39 is 12.2 Å². The molecule has 0 saturated heterocycles. The van der Waals surface area contributed by atoms with Crippen molar-refractivity contribution < 1.29 is 10.2 Å². The number of aliphatic hydroxyl groups is 2. The first kappa shape index (κ1) is 11.2. The lowest BCUT2D eigenvalue weighted by Gasteiger charge is -2.16. The van der Waals surface area contributed by atoms with Gasteiger partial charge in [0.1, 0.15) is 6.10 Å². The normalized spacial score (nSPS) is 15.1. The average molecular weight is 195 g/mol. The first-order valence-corrected chi connectivity index (χ1v) is 4.84. The summed E-state index contributed by atoms with van der Waals surface area (Å²) in [5.41, 5.74) is 7.18. The van der Waals surface area contributed by atoms with Gasteiger partial charge in [0.05, 0.1) is 6.10 Å². The highest BCUT2D eigenvalue weighted by Gasteiger charge is 2.15. The van der Waals surface area contributed by atoms with Gasteiger partial charge >= 0.3 is 0 Å². The summed E-state index contributed by atoms with van der Waals surface area (Å²) in [6.07, 6.45) is -0.802. The highest BCUT2D eigenvalue weighted by atomic mass is 16.3. The predicted octanol–water partition coefficient (Wildman–Crippen LogP) is 0.602. The quantitative estimate of drug-likeness (QED) is 0.659. The smallest absolute Gasteiger partial charge is 0.106 e. The summed E-state index contributed by atoms with van der Waals surface area (Å²) in [7, 11) is 0. The monoisotopic (exact) mass is 195 g/mol. The van der Waals surface area contributed by atoms with E-state index in [1.165, 1.54) is 5.56 Å². The van der Waals surface area contributed by atoms with E-state index in [2.05, 4.69) is 6.92 Å². The van der Waals surface area contributed by atoms with Crippen LogP contribution in [0.15, 0.2) is 24.3 Å². The molecule has 1 aromatic carbocycles. The molecule has 2 atom stereocenters. The summed E-state index contributed by atoms with van der Waals surface area (Å²) in [4.78, 5) is 0. The van der Waals surface area contributed by atoms with Crippen molar-refractivity contribution in [3.63, 3.8) is 0 Å². The van der Waals surface area contributed by atoms with Gasteiger partial charge in [0.15, 0.2) is 0 Å². The Bertz CT molecular complexity index is 271. The Morgan fingerprint density at radius 1 is 1.21 bits per heavy atom. The van der Waals surface area contributed by atoms with Gasteiger partial charge in [-0.1, -0.05) is 31.2 Å². The molecule has 0 aliphatic rings. The Kier molecular flexibility index (Phi) is 4.07. The third-order valence-electron chi connectivity index (χ3n) is 2.34. The largest absolute Gasteiger partial charge is 0.389 e. The van der Waals surface area contributed by atoms with E-state index in [4.69, 9.17) is 5.73 Å². The number of aryl methyl sites for hydroxylation is 1. The third kappa shape index (κ3) is 2.54. The fourth-order valence-electron chi connectivity index (χ4n) is 1.30. The zero-order valence-electron chi connectivity index (χ0n) is 8.35.